The Hall–Kier alpha value is -2.27. The van der Waals surface area contributed by atoms with Gasteiger partial charge in [0.2, 0.25) is 11.8 Å². The van der Waals surface area contributed by atoms with Crippen molar-refractivity contribution in [1.82, 2.24) is 0 Å². The molecule has 4 nitrogen and oxygen atoms in total. The maximum absolute atomic E-state index is 12.4. The predicted octanol–water partition coefficient (Wildman–Crippen LogP) is 3.99. The minimum atomic E-state index is -0.340. The fraction of sp³-hybridized carbons (Fsp3) is 0.263. The summed E-state index contributed by atoms with van der Waals surface area (Å²) in [6.45, 7) is 3.98. The number of carbonyl (C=O) groups is 2. The first-order chi connectivity index (χ1) is 11.5. The monoisotopic (exact) mass is 340 g/mol. The summed E-state index contributed by atoms with van der Waals surface area (Å²) in [7, 11) is 0. The number of anilines is 2. The van der Waals surface area contributed by atoms with Crippen molar-refractivity contribution in [2.45, 2.75) is 25.2 Å². The first kappa shape index (κ1) is 16.6. The van der Waals surface area contributed by atoms with Gasteiger partial charge in [-0.15, -0.1) is 11.8 Å². The molecule has 2 aromatic rings. The van der Waals surface area contributed by atoms with Crippen LogP contribution >= 0.6 is 11.8 Å². The molecule has 1 unspecified atom stereocenters. The van der Waals surface area contributed by atoms with E-state index >= 15 is 0 Å². The molecule has 24 heavy (non-hydrogen) atoms. The van der Waals surface area contributed by atoms with E-state index in [0.29, 0.717) is 5.75 Å². The van der Waals surface area contributed by atoms with Gasteiger partial charge in [-0.3, -0.25) is 9.59 Å². The number of nitrogens with one attached hydrogen (secondary N) is 2. The quantitative estimate of drug-likeness (QED) is 0.888. The molecule has 1 heterocycles. The van der Waals surface area contributed by atoms with Gasteiger partial charge in [0.1, 0.15) is 0 Å². The number of aryl methyl sites for hydroxylation is 2. The van der Waals surface area contributed by atoms with Crippen LogP contribution in [0.2, 0.25) is 0 Å². The molecule has 1 aliphatic rings. The van der Waals surface area contributed by atoms with E-state index in [1.165, 1.54) is 0 Å². The number of rotatable bonds is 3. The molecule has 0 saturated carbocycles. The van der Waals surface area contributed by atoms with Gasteiger partial charge in [-0.1, -0.05) is 29.8 Å². The highest BCUT2D eigenvalue weighted by molar-refractivity contribution is 7.99. The Morgan fingerprint density at radius 2 is 2.04 bits per heavy atom. The van der Waals surface area contributed by atoms with Gasteiger partial charge in [-0.25, -0.2) is 0 Å². The second-order valence-electron chi connectivity index (χ2n) is 6.06. The highest BCUT2D eigenvalue weighted by Gasteiger charge is 2.26. The van der Waals surface area contributed by atoms with E-state index in [2.05, 4.69) is 10.6 Å². The van der Waals surface area contributed by atoms with Crippen molar-refractivity contribution in [3.8, 4) is 0 Å². The van der Waals surface area contributed by atoms with Crippen LogP contribution in [0.4, 0.5) is 11.4 Å². The van der Waals surface area contributed by atoms with Crippen LogP contribution in [-0.4, -0.2) is 17.6 Å². The molecule has 1 aliphatic heterocycles. The number of carbonyl (C=O) groups excluding carboxylic acids is 2. The summed E-state index contributed by atoms with van der Waals surface area (Å²) in [4.78, 5) is 25.8. The zero-order chi connectivity index (χ0) is 17.1. The molecular formula is C19H20N2O2S. The van der Waals surface area contributed by atoms with E-state index in [-0.39, 0.29) is 24.2 Å². The number of benzene rings is 2. The van der Waals surface area contributed by atoms with Gasteiger partial charge in [0.05, 0.1) is 11.6 Å². The Kier molecular flexibility index (Phi) is 4.90. The van der Waals surface area contributed by atoms with Gasteiger partial charge in [0, 0.05) is 22.8 Å². The van der Waals surface area contributed by atoms with Crippen LogP contribution in [0.3, 0.4) is 0 Å². The summed E-state index contributed by atoms with van der Waals surface area (Å²) < 4.78 is 0. The average Bonchev–Trinajstić information content (AvgIpc) is 2.70. The molecule has 0 radical (unpaired) electrons. The molecular weight excluding hydrogens is 320 g/mol. The summed E-state index contributed by atoms with van der Waals surface area (Å²) in [5, 5.41) is 5.84. The highest BCUT2D eigenvalue weighted by atomic mass is 32.2. The van der Waals surface area contributed by atoms with E-state index in [1.54, 1.807) is 11.8 Å². The molecule has 2 N–H and O–H groups in total. The molecule has 0 bridgehead atoms. The smallest absolute Gasteiger partial charge is 0.228 e. The summed E-state index contributed by atoms with van der Waals surface area (Å²) in [6.07, 6.45) is 0.181. The Balaban J connectivity index is 1.65. The lowest BCUT2D eigenvalue weighted by Crippen LogP contribution is -2.28. The van der Waals surface area contributed by atoms with Crippen molar-refractivity contribution < 1.29 is 9.59 Å². The average molecular weight is 340 g/mol. The van der Waals surface area contributed by atoms with Crippen LogP contribution in [-0.2, 0) is 9.59 Å². The van der Waals surface area contributed by atoms with Crippen molar-refractivity contribution in [2.75, 3.05) is 16.4 Å². The molecule has 0 saturated heterocycles. The van der Waals surface area contributed by atoms with Crippen molar-refractivity contribution in [3.63, 3.8) is 0 Å². The topological polar surface area (TPSA) is 58.2 Å². The third-order valence-corrected chi connectivity index (χ3v) is 5.28. The Morgan fingerprint density at radius 3 is 2.83 bits per heavy atom. The minimum Gasteiger partial charge on any atom is -0.326 e. The largest absolute Gasteiger partial charge is 0.326 e. The van der Waals surface area contributed by atoms with E-state index in [1.807, 2.05) is 56.3 Å². The van der Waals surface area contributed by atoms with Crippen LogP contribution in [0.25, 0.3) is 0 Å². The van der Waals surface area contributed by atoms with E-state index in [4.69, 9.17) is 0 Å². The van der Waals surface area contributed by atoms with Crippen LogP contribution in [0, 0.1) is 19.8 Å². The second kappa shape index (κ2) is 7.09. The molecule has 5 heteroatoms. The van der Waals surface area contributed by atoms with Gasteiger partial charge < -0.3 is 10.6 Å². The lowest BCUT2D eigenvalue weighted by molar-refractivity contribution is -0.124. The first-order valence-corrected chi connectivity index (χ1v) is 8.91. The molecule has 0 spiro atoms. The van der Waals surface area contributed by atoms with Crippen LogP contribution < -0.4 is 10.6 Å². The van der Waals surface area contributed by atoms with Crippen molar-refractivity contribution in [1.29, 1.82) is 0 Å². The lowest BCUT2D eigenvalue weighted by Gasteiger charge is -2.14. The van der Waals surface area contributed by atoms with Gasteiger partial charge >= 0.3 is 0 Å². The zero-order valence-electron chi connectivity index (χ0n) is 13.8. The Labute approximate surface area is 146 Å². The van der Waals surface area contributed by atoms with Gasteiger partial charge in [-0.2, -0.15) is 0 Å². The molecule has 2 aromatic carbocycles. The van der Waals surface area contributed by atoms with Crippen LogP contribution in [0.1, 0.15) is 17.5 Å². The maximum Gasteiger partial charge on any atom is 0.228 e. The summed E-state index contributed by atoms with van der Waals surface area (Å²) in [6, 6.07) is 13.6. The van der Waals surface area contributed by atoms with E-state index < -0.39 is 0 Å². The molecule has 2 amide bonds. The third-order valence-electron chi connectivity index (χ3n) is 4.04. The standard InChI is InChI=1S/C19H20N2O2S/c1-12-7-8-15(13(2)9-12)20-18(22)10-14-11-24-17-6-4-3-5-16(17)21-19(14)23/h3-9,14H,10-11H2,1-2H3,(H,20,22)(H,21,23). The summed E-state index contributed by atoms with van der Waals surface area (Å²) >= 11 is 1.61. The highest BCUT2D eigenvalue weighted by Crippen LogP contribution is 2.33. The second-order valence-corrected chi connectivity index (χ2v) is 7.13. The molecule has 0 fully saturated rings. The first-order valence-electron chi connectivity index (χ1n) is 7.93. The molecule has 124 valence electrons. The Morgan fingerprint density at radius 1 is 1.25 bits per heavy atom. The van der Waals surface area contributed by atoms with Crippen molar-refractivity contribution in [2.24, 2.45) is 5.92 Å². The number of thioether (sulfide) groups is 1. The predicted molar refractivity (Wildman–Crippen MR) is 98.4 cm³/mol. The number of hydrogen-bond acceptors (Lipinski definition) is 3. The molecule has 0 aliphatic carbocycles. The zero-order valence-corrected chi connectivity index (χ0v) is 14.6. The number of amides is 2. The van der Waals surface area contributed by atoms with Gasteiger partial charge in [0.15, 0.2) is 0 Å². The van der Waals surface area contributed by atoms with E-state index in [0.717, 1.165) is 27.4 Å². The Bertz CT molecular complexity index is 789. The van der Waals surface area contributed by atoms with Crippen molar-refractivity contribution in [3.05, 3.63) is 53.6 Å². The van der Waals surface area contributed by atoms with Gasteiger partial charge in [-0.05, 0) is 37.6 Å². The minimum absolute atomic E-state index is 0.0942. The van der Waals surface area contributed by atoms with Gasteiger partial charge in [0.25, 0.3) is 0 Å². The molecule has 1 atom stereocenters. The number of para-hydroxylation sites is 1. The number of fused-ring (bicyclic) bond motifs is 1. The normalized spacial score (nSPS) is 16.8. The van der Waals surface area contributed by atoms with E-state index in [9.17, 15) is 9.59 Å². The molecule has 0 aromatic heterocycles. The maximum atomic E-state index is 12.4. The van der Waals surface area contributed by atoms with Crippen LogP contribution in [0.5, 0.6) is 0 Å². The SMILES string of the molecule is Cc1ccc(NC(=O)CC2CSc3ccccc3NC2=O)c(C)c1. The number of hydrogen-bond donors (Lipinski definition) is 2. The third kappa shape index (κ3) is 3.79. The fourth-order valence-corrected chi connectivity index (χ4v) is 3.83. The summed E-state index contributed by atoms with van der Waals surface area (Å²) in [5.74, 6) is 0.0356. The summed E-state index contributed by atoms with van der Waals surface area (Å²) in [5.41, 5.74) is 3.80. The molecule has 3 rings (SSSR count). The lowest BCUT2D eigenvalue weighted by atomic mass is 10.1. The fourth-order valence-electron chi connectivity index (χ4n) is 2.73. The van der Waals surface area contributed by atoms with Crippen LogP contribution in [0.15, 0.2) is 47.4 Å². The van der Waals surface area contributed by atoms with Crippen molar-refractivity contribution >= 4 is 35.0 Å².